The van der Waals surface area contributed by atoms with Crippen molar-refractivity contribution in [2.45, 2.75) is 13.8 Å². The lowest BCUT2D eigenvalue weighted by atomic mass is 10.1. The van der Waals surface area contributed by atoms with E-state index in [2.05, 4.69) is 25.9 Å². The molecule has 0 unspecified atom stereocenters. The minimum atomic E-state index is -0.393. The first-order chi connectivity index (χ1) is 9.97. The van der Waals surface area contributed by atoms with Gasteiger partial charge in [-0.3, -0.25) is 10.1 Å². The second-order valence-corrected chi connectivity index (χ2v) is 6.62. The van der Waals surface area contributed by atoms with Gasteiger partial charge >= 0.3 is 0 Å². The van der Waals surface area contributed by atoms with Crippen LogP contribution < -0.4 is 0 Å². The smallest absolute Gasteiger partial charge is 0.258 e. The van der Waals surface area contributed by atoms with Crippen LogP contribution in [0.5, 0.6) is 0 Å². The average Bonchev–Trinajstić information content (AvgIpc) is 2.76. The van der Waals surface area contributed by atoms with Gasteiger partial charge in [0, 0.05) is 0 Å². The first-order valence-electron chi connectivity index (χ1n) is 6.15. The lowest BCUT2D eigenvalue weighted by molar-refractivity contribution is -0.383. The molecule has 0 spiro atoms. The average molecular weight is 364 g/mol. The van der Waals surface area contributed by atoms with Crippen LogP contribution in [0.15, 0.2) is 28.7 Å². The van der Waals surface area contributed by atoms with Gasteiger partial charge in [0.15, 0.2) is 0 Å². The molecule has 0 aliphatic heterocycles. The molecule has 0 atom stereocenters. The summed E-state index contributed by atoms with van der Waals surface area (Å²) < 4.78 is 0.458. The van der Waals surface area contributed by atoms with E-state index in [4.69, 9.17) is 0 Å². The molecular formula is C14H10BrN3O2S. The number of hydrogen-bond acceptors (Lipinski definition) is 5. The van der Waals surface area contributed by atoms with Crippen molar-refractivity contribution in [2.75, 3.05) is 0 Å². The summed E-state index contributed by atoms with van der Waals surface area (Å²) in [6.45, 7) is 3.89. The lowest BCUT2D eigenvalue weighted by Crippen LogP contribution is -1.93. The number of nitrogens with zero attached hydrogens (tertiary/aromatic N) is 3. The van der Waals surface area contributed by atoms with E-state index < -0.39 is 4.92 Å². The number of pyridine rings is 1. The predicted octanol–water partition coefficient (Wildman–Crippen LogP) is 4.65. The number of thiazole rings is 1. The van der Waals surface area contributed by atoms with Crippen LogP contribution in [0.4, 0.5) is 5.69 Å². The van der Waals surface area contributed by atoms with E-state index in [1.54, 1.807) is 29.5 Å². The second kappa shape index (κ2) is 5.16. The molecule has 1 aromatic carbocycles. The Morgan fingerprint density at radius 2 is 1.95 bits per heavy atom. The van der Waals surface area contributed by atoms with Crippen LogP contribution in [0.25, 0.3) is 21.5 Å². The molecule has 3 aromatic rings. The Hall–Kier alpha value is -1.86. The third-order valence-corrected chi connectivity index (χ3v) is 4.85. The molecule has 106 valence electrons. The highest BCUT2D eigenvalue weighted by atomic mass is 79.9. The maximum absolute atomic E-state index is 11.2. The molecular weight excluding hydrogens is 354 g/mol. The van der Waals surface area contributed by atoms with Crippen LogP contribution in [-0.4, -0.2) is 14.9 Å². The van der Waals surface area contributed by atoms with Crippen LogP contribution in [0.2, 0.25) is 0 Å². The van der Waals surface area contributed by atoms with Gasteiger partial charge in [0.1, 0.15) is 0 Å². The molecule has 0 fully saturated rings. The summed E-state index contributed by atoms with van der Waals surface area (Å²) in [6.07, 6.45) is 0. The van der Waals surface area contributed by atoms with Crippen molar-refractivity contribution in [3.05, 3.63) is 49.6 Å². The number of halogens is 1. The molecule has 7 heteroatoms. The molecule has 3 rings (SSSR count). The van der Waals surface area contributed by atoms with Gasteiger partial charge in [-0.25, -0.2) is 9.97 Å². The van der Waals surface area contributed by atoms with Crippen molar-refractivity contribution in [1.82, 2.24) is 9.97 Å². The number of rotatable bonds is 2. The van der Waals surface area contributed by atoms with E-state index >= 15 is 0 Å². The first kappa shape index (κ1) is 14.1. The Labute approximate surface area is 133 Å². The van der Waals surface area contributed by atoms with Gasteiger partial charge in [-0.15, -0.1) is 11.3 Å². The highest BCUT2D eigenvalue weighted by Gasteiger charge is 2.18. The largest absolute Gasteiger partial charge is 0.292 e. The maximum atomic E-state index is 11.2. The molecule has 0 aliphatic carbocycles. The van der Waals surface area contributed by atoms with Crippen LogP contribution in [0.1, 0.15) is 10.7 Å². The summed E-state index contributed by atoms with van der Waals surface area (Å²) in [6, 6.07) is 6.98. The van der Waals surface area contributed by atoms with E-state index in [9.17, 15) is 10.1 Å². The monoisotopic (exact) mass is 363 g/mol. The Morgan fingerprint density at radius 3 is 2.57 bits per heavy atom. The first-order valence-corrected chi connectivity index (χ1v) is 7.76. The Balaban J connectivity index is 2.25. The minimum Gasteiger partial charge on any atom is -0.258 e. The highest BCUT2D eigenvalue weighted by molar-refractivity contribution is 9.10. The van der Waals surface area contributed by atoms with E-state index in [-0.39, 0.29) is 5.69 Å². The number of nitro groups is 1. The Bertz CT molecular complexity index is 876. The predicted molar refractivity (Wildman–Crippen MR) is 86.7 cm³/mol. The summed E-state index contributed by atoms with van der Waals surface area (Å²) in [7, 11) is 0. The maximum Gasteiger partial charge on any atom is 0.292 e. The van der Waals surface area contributed by atoms with E-state index in [1.807, 2.05) is 19.9 Å². The van der Waals surface area contributed by atoms with E-state index in [0.717, 1.165) is 21.3 Å². The van der Waals surface area contributed by atoms with E-state index in [1.165, 1.54) is 0 Å². The van der Waals surface area contributed by atoms with Gasteiger partial charge in [0.25, 0.3) is 5.69 Å². The zero-order valence-electron chi connectivity index (χ0n) is 11.3. The number of hydrogen-bond donors (Lipinski definition) is 0. The standard InChI is InChI=1S/C14H10BrN3O2S/c1-7-14(21-8(2)16-7)12-5-3-9-11(17-12)6-4-10(15)13(9)18(19)20/h3-6H,1-2H3. The molecule has 0 bridgehead atoms. The van der Waals surface area contributed by atoms with Crippen molar-refractivity contribution in [1.29, 1.82) is 0 Å². The second-order valence-electron chi connectivity index (χ2n) is 4.56. The SMILES string of the molecule is Cc1nc(C)c(-c2ccc3c([N+](=O)[O-])c(Br)ccc3n2)s1. The van der Waals surface area contributed by atoms with Gasteiger partial charge in [0.2, 0.25) is 0 Å². The quantitative estimate of drug-likeness (QED) is 0.490. The van der Waals surface area contributed by atoms with Crippen LogP contribution in [0.3, 0.4) is 0 Å². The molecule has 0 saturated carbocycles. The zero-order chi connectivity index (χ0) is 15.1. The minimum absolute atomic E-state index is 0.0451. The molecule has 5 nitrogen and oxygen atoms in total. The number of aryl methyl sites for hydroxylation is 2. The summed E-state index contributed by atoms with van der Waals surface area (Å²) in [5.74, 6) is 0. The van der Waals surface area contributed by atoms with Gasteiger partial charge in [-0.1, -0.05) is 0 Å². The Kier molecular flexibility index (Phi) is 3.46. The molecule has 0 aliphatic rings. The van der Waals surface area contributed by atoms with Gasteiger partial charge in [-0.2, -0.15) is 0 Å². The fraction of sp³-hybridized carbons (Fsp3) is 0.143. The van der Waals surface area contributed by atoms with Crippen molar-refractivity contribution < 1.29 is 4.92 Å². The fourth-order valence-electron chi connectivity index (χ4n) is 2.24. The summed E-state index contributed by atoms with van der Waals surface area (Å²) in [5, 5.41) is 12.7. The van der Waals surface area contributed by atoms with Crippen molar-refractivity contribution in [2.24, 2.45) is 0 Å². The molecule has 0 saturated heterocycles. The van der Waals surface area contributed by atoms with Gasteiger partial charge < -0.3 is 0 Å². The molecule has 2 heterocycles. The topological polar surface area (TPSA) is 68.9 Å². The van der Waals surface area contributed by atoms with Crippen molar-refractivity contribution >= 4 is 43.9 Å². The normalized spacial score (nSPS) is 11.0. The zero-order valence-corrected chi connectivity index (χ0v) is 13.7. The summed E-state index contributed by atoms with van der Waals surface area (Å²) in [4.78, 5) is 20.7. The number of nitro benzene ring substituents is 1. The van der Waals surface area contributed by atoms with E-state index in [0.29, 0.717) is 15.4 Å². The number of aromatic nitrogens is 2. The van der Waals surface area contributed by atoms with Crippen LogP contribution in [-0.2, 0) is 0 Å². The number of fused-ring (bicyclic) bond motifs is 1. The third kappa shape index (κ3) is 2.43. The number of benzene rings is 1. The van der Waals surface area contributed by atoms with Crippen LogP contribution in [0, 0.1) is 24.0 Å². The van der Waals surface area contributed by atoms with Gasteiger partial charge in [-0.05, 0) is 54.0 Å². The third-order valence-electron chi connectivity index (χ3n) is 3.11. The van der Waals surface area contributed by atoms with Crippen LogP contribution >= 0.6 is 27.3 Å². The Morgan fingerprint density at radius 1 is 1.19 bits per heavy atom. The van der Waals surface area contributed by atoms with Gasteiger partial charge in [0.05, 0.1) is 41.6 Å². The molecule has 0 amide bonds. The fourth-order valence-corrected chi connectivity index (χ4v) is 3.62. The van der Waals surface area contributed by atoms with Crippen molar-refractivity contribution in [3.8, 4) is 10.6 Å². The van der Waals surface area contributed by atoms with Crippen molar-refractivity contribution in [3.63, 3.8) is 0 Å². The molecule has 2 aromatic heterocycles. The highest BCUT2D eigenvalue weighted by Crippen LogP contribution is 2.35. The summed E-state index contributed by atoms with van der Waals surface area (Å²) >= 11 is 4.79. The molecule has 0 radical (unpaired) electrons. The summed E-state index contributed by atoms with van der Waals surface area (Å²) in [5.41, 5.74) is 2.37. The lowest BCUT2D eigenvalue weighted by Gasteiger charge is -2.04. The molecule has 21 heavy (non-hydrogen) atoms. The molecule has 0 N–H and O–H groups in total.